The van der Waals surface area contributed by atoms with Crippen LogP contribution in [0.1, 0.15) is 24.1 Å². The number of aryl methyl sites for hydroxylation is 1. The number of ether oxygens (including phenoxy) is 2. The molecule has 0 saturated heterocycles. The van der Waals surface area contributed by atoms with Crippen LogP contribution >= 0.6 is 0 Å². The summed E-state index contributed by atoms with van der Waals surface area (Å²) in [6.45, 7) is 3.06. The maximum Gasteiger partial charge on any atom is 0.244 e. The molecule has 1 unspecified atom stereocenters. The molecule has 1 N–H and O–H groups in total. The van der Waals surface area contributed by atoms with Gasteiger partial charge in [0.15, 0.2) is 11.5 Å². The first-order chi connectivity index (χ1) is 12.0. The van der Waals surface area contributed by atoms with Gasteiger partial charge in [0.2, 0.25) is 5.91 Å². The molecule has 0 aliphatic heterocycles. The molecule has 0 fully saturated rings. The summed E-state index contributed by atoms with van der Waals surface area (Å²) in [4.78, 5) is 14.8. The van der Waals surface area contributed by atoms with Gasteiger partial charge in [-0.1, -0.05) is 6.07 Å². The maximum absolute atomic E-state index is 13.0. The van der Waals surface area contributed by atoms with Gasteiger partial charge in [-0.2, -0.15) is 5.10 Å². The van der Waals surface area contributed by atoms with E-state index in [1.807, 2.05) is 38.4 Å². The van der Waals surface area contributed by atoms with Crippen molar-refractivity contribution in [2.45, 2.75) is 19.5 Å². The van der Waals surface area contributed by atoms with Crippen LogP contribution in [0.3, 0.4) is 0 Å². The van der Waals surface area contributed by atoms with Crippen LogP contribution in [-0.2, 0) is 18.4 Å². The molecule has 7 heteroatoms. The normalized spacial score (nSPS) is 11.9. The standard InChI is InChI=1S/C18H26N4O3/c1-6-22(11-13-7-8-15(24-4)16(9-13)25-5)18(23)17(19-2)14-10-20-21(3)12-14/h7-10,12,17,19H,6,11H2,1-5H3. The zero-order chi connectivity index (χ0) is 18.4. The largest absolute Gasteiger partial charge is 0.493 e. The number of benzene rings is 1. The summed E-state index contributed by atoms with van der Waals surface area (Å²) in [5.41, 5.74) is 1.83. The number of carbonyl (C=O) groups excluding carboxylic acids is 1. The molecule has 1 aromatic heterocycles. The highest BCUT2D eigenvalue weighted by molar-refractivity contribution is 5.83. The molecule has 7 nitrogen and oxygen atoms in total. The van der Waals surface area contributed by atoms with Gasteiger partial charge in [-0.15, -0.1) is 0 Å². The van der Waals surface area contributed by atoms with E-state index in [1.165, 1.54) is 0 Å². The Labute approximate surface area is 148 Å². The van der Waals surface area contributed by atoms with Crippen molar-refractivity contribution >= 4 is 5.91 Å². The molecular formula is C18H26N4O3. The number of nitrogens with one attached hydrogen (secondary N) is 1. The second kappa shape index (κ2) is 8.53. The number of rotatable bonds is 8. The fourth-order valence-electron chi connectivity index (χ4n) is 2.75. The number of hydrogen-bond acceptors (Lipinski definition) is 5. The zero-order valence-electron chi connectivity index (χ0n) is 15.4. The molecular weight excluding hydrogens is 320 g/mol. The van der Waals surface area contributed by atoms with Crippen LogP contribution in [0.4, 0.5) is 0 Å². The summed E-state index contributed by atoms with van der Waals surface area (Å²) in [7, 11) is 6.82. The van der Waals surface area contributed by atoms with E-state index in [4.69, 9.17) is 9.47 Å². The number of nitrogens with zero attached hydrogens (tertiary/aromatic N) is 3. The highest BCUT2D eigenvalue weighted by Crippen LogP contribution is 2.28. The predicted octanol–water partition coefficient (Wildman–Crippen LogP) is 1.75. The van der Waals surface area contributed by atoms with Crippen molar-refractivity contribution in [2.75, 3.05) is 27.8 Å². The minimum Gasteiger partial charge on any atom is -0.493 e. The SMILES string of the molecule is CCN(Cc1ccc(OC)c(OC)c1)C(=O)C(NC)c1cnn(C)c1. The van der Waals surface area contributed by atoms with E-state index in [2.05, 4.69) is 10.4 Å². The summed E-state index contributed by atoms with van der Waals surface area (Å²) < 4.78 is 12.3. The Hall–Kier alpha value is -2.54. The summed E-state index contributed by atoms with van der Waals surface area (Å²) in [5.74, 6) is 1.33. The molecule has 136 valence electrons. The van der Waals surface area contributed by atoms with Crippen molar-refractivity contribution in [3.8, 4) is 11.5 Å². The summed E-state index contributed by atoms with van der Waals surface area (Å²) in [6, 6.07) is 5.26. The van der Waals surface area contributed by atoms with Crippen LogP contribution in [-0.4, -0.2) is 48.4 Å². The molecule has 1 amide bonds. The molecule has 25 heavy (non-hydrogen) atoms. The molecule has 2 rings (SSSR count). The molecule has 2 aromatic rings. The van der Waals surface area contributed by atoms with Crippen molar-refractivity contribution < 1.29 is 14.3 Å². The van der Waals surface area contributed by atoms with E-state index in [1.54, 1.807) is 37.0 Å². The third kappa shape index (κ3) is 4.30. The average molecular weight is 346 g/mol. The molecule has 0 aliphatic carbocycles. The van der Waals surface area contributed by atoms with Gasteiger partial charge in [0, 0.05) is 31.9 Å². The maximum atomic E-state index is 13.0. The number of likely N-dealkylation sites (N-methyl/N-ethyl adjacent to an activating group) is 2. The van der Waals surface area contributed by atoms with Gasteiger partial charge in [-0.25, -0.2) is 0 Å². The van der Waals surface area contributed by atoms with Gasteiger partial charge < -0.3 is 19.7 Å². The fourth-order valence-corrected chi connectivity index (χ4v) is 2.75. The molecule has 0 spiro atoms. The van der Waals surface area contributed by atoms with Crippen molar-refractivity contribution in [2.24, 2.45) is 7.05 Å². The number of carbonyl (C=O) groups is 1. The first-order valence-electron chi connectivity index (χ1n) is 8.19. The van der Waals surface area contributed by atoms with Crippen molar-refractivity contribution in [1.29, 1.82) is 0 Å². The molecule has 0 aliphatic rings. The van der Waals surface area contributed by atoms with Crippen LogP contribution in [0.5, 0.6) is 11.5 Å². The van der Waals surface area contributed by atoms with Crippen LogP contribution in [0, 0.1) is 0 Å². The third-order valence-corrected chi connectivity index (χ3v) is 4.11. The van der Waals surface area contributed by atoms with E-state index in [0.717, 1.165) is 11.1 Å². The first-order valence-corrected chi connectivity index (χ1v) is 8.19. The van der Waals surface area contributed by atoms with Crippen molar-refractivity contribution in [3.63, 3.8) is 0 Å². The molecule has 0 saturated carbocycles. The van der Waals surface area contributed by atoms with E-state index in [0.29, 0.717) is 24.6 Å². The highest BCUT2D eigenvalue weighted by Gasteiger charge is 2.25. The van der Waals surface area contributed by atoms with Crippen LogP contribution in [0.25, 0.3) is 0 Å². The molecule has 1 aromatic carbocycles. The van der Waals surface area contributed by atoms with Gasteiger partial charge in [0.05, 0.1) is 20.4 Å². The number of hydrogen-bond donors (Lipinski definition) is 1. The van der Waals surface area contributed by atoms with Crippen molar-refractivity contribution in [1.82, 2.24) is 20.0 Å². The molecule has 1 heterocycles. The topological polar surface area (TPSA) is 68.6 Å². The minimum absolute atomic E-state index is 0.00721. The van der Waals surface area contributed by atoms with Gasteiger partial charge in [-0.3, -0.25) is 9.48 Å². The highest BCUT2D eigenvalue weighted by atomic mass is 16.5. The lowest BCUT2D eigenvalue weighted by molar-refractivity contribution is -0.133. The number of methoxy groups -OCH3 is 2. The second-order valence-electron chi connectivity index (χ2n) is 5.71. The van der Waals surface area contributed by atoms with Crippen LogP contribution in [0.2, 0.25) is 0 Å². The zero-order valence-corrected chi connectivity index (χ0v) is 15.4. The third-order valence-electron chi connectivity index (χ3n) is 4.11. The molecule has 0 radical (unpaired) electrons. The molecule has 0 bridgehead atoms. The van der Waals surface area contributed by atoms with Crippen LogP contribution < -0.4 is 14.8 Å². The first kappa shape index (κ1) is 18.8. The van der Waals surface area contributed by atoms with Gasteiger partial charge >= 0.3 is 0 Å². The fraction of sp³-hybridized carbons (Fsp3) is 0.444. The Morgan fingerprint density at radius 3 is 2.56 bits per heavy atom. The molecule has 1 atom stereocenters. The van der Waals surface area contributed by atoms with Crippen molar-refractivity contribution in [3.05, 3.63) is 41.7 Å². The Kier molecular flexibility index (Phi) is 6.41. The number of aromatic nitrogens is 2. The Morgan fingerprint density at radius 1 is 1.32 bits per heavy atom. The quantitative estimate of drug-likeness (QED) is 0.789. The summed E-state index contributed by atoms with van der Waals surface area (Å²) in [6.07, 6.45) is 3.56. The average Bonchev–Trinajstić information content (AvgIpc) is 3.05. The van der Waals surface area contributed by atoms with E-state index >= 15 is 0 Å². The van der Waals surface area contributed by atoms with Gasteiger partial charge in [0.1, 0.15) is 6.04 Å². The lowest BCUT2D eigenvalue weighted by atomic mass is 10.1. The van der Waals surface area contributed by atoms with E-state index < -0.39 is 6.04 Å². The minimum atomic E-state index is -0.422. The lowest BCUT2D eigenvalue weighted by Gasteiger charge is -2.26. The smallest absolute Gasteiger partial charge is 0.244 e. The van der Waals surface area contributed by atoms with Crippen LogP contribution in [0.15, 0.2) is 30.6 Å². The predicted molar refractivity (Wildman–Crippen MR) is 95.6 cm³/mol. The Balaban J connectivity index is 2.19. The van der Waals surface area contributed by atoms with E-state index in [9.17, 15) is 4.79 Å². The summed E-state index contributed by atoms with van der Waals surface area (Å²) in [5, 5.41) is 7.24. The van der Waals surface area contributed by atoms with Gasteiger partial charge in [-0.05, 0) is 31.7 Å². The number of amides is 1. The Bertz CT molecular complexity index is 714. The Morgan fingerprint density at radius 2 is 2.04 bits per heavy atom. The second-order valence-corrected chi connectivity index (χ2v) is 5.71. The van der Waals surface area contributed by atoms with Gasteiger partial charge in [0.25, 0.3) is 0 Å². The van der Waals surface area contributed by atoms with E-state index in [-0.39, 0.29) is 5.91 Å². The monoisotopic (exact) mass is 346 g/mol. The summed E-state index contributed by atoms with van der Waals surface area (Å²) >= 11 is 0. The lowest BCUT2D eigenvalue weighted by Crippen LogP contribution is -2.39.